The minimum Gasteiger partial charge on any atom is -0.358 e. The van der Waals surface area contributed by atoms with E-state index >= 15 is 0 Å². The molecule has 82 valence electrons. The summed E-state index contributed by atoms with van der Waals surface area (Å²) in [5.74, 6) is -0.0690. The maximum atomic E-state index is 10.5. The highest BCUT2D eigenvalue weighted by atomic mass is 16.6. The first-order valence-corrected chi connectivity index (χ1v) is 4.83. The SMILES string of the molecule is CC1(C)CC1(CN)c1cc([N+](=O)[O-])[nH]n1. The van der Waals surface area contributed by atoms with Crippen LogP contribution in [0.1, 0.15) is 26.0 Å². The summed E-state index contributed by atoms with van der Waals surface area (Å²) >= 11 is 0. The second kappa shape index (κ2) is 2.79. The van der Waals surface area contributed by atoms with Gasteiger partial charge in [-0.25, -0.2) is 0 Å². The Bertz CT molecular complexity index is 412. The van der Waals surface area contributed by atoms with Gasteiger partial charge < -0.3 is 15.8 Å². The summed E-state index contributed by atoms with van der Waals surface area (Å²) in [4.78, 5) is 10.0. The van der Waals surface area contributed by atoms with E-state index < -0.39 is 4.92 Å². The number of aromatic nitrogens is 2. The predicted molar refractivity (Wildman–Crippen MR) is 54.4 cm³/mol. The summed E-state index contributed by atoms with van der Waals surface area (Å²) in [7, 11) is 0. The molecule has 1 fully saturated rings. The van der Waals surface area contributed by atoms with Crippen LogP contribution in [0.4, 0.5) is 5.82 Å². The van der Waals surface area contributed by atoms with E-state index in [-0.39, 0.29) is 16.6 Å². The summed E-state index contributed by atoms with van der Waals surface area (Å²) in [5, 5.41) is 16.9. The fourth-order valence-corrected chi connectivity index (χ4v) is 2.25. The van der Waals surface area contributed by atoms with Gasteiger partial charge in [-0.1, -0.05) is 18.9 Å². The molecule has 15 heavy (non-hydrogen) atoms. The van der Waals surface area contributed by atoms with Crippen LogP contribution in [0.15, 0.2) is 6.07 Å². The normalized spacial score (nSPS) is 27.7. The summed E-state index contributed by atoms with van der Waals surface area (Å²) < 4.78 is 0. The van der Waals surface area contributed by atoms with Crippen LogP contribution in [0, 0.1) is 15.5 Å². The van der Waals surface area contributed by atoms with Crippen LogP contribution >= 0.6 is 0 Å². The smallest absolute Gasteiger partial charge is 0.342 e. The van der Waals surface area contributed by atoms with Crippen molar-refractivity contribution in [2.24, 2.45) is 11.1 Å². The van der Waals surface area contributed by atoms with Crippen LogP contribution in [0.25, 0.3) is 0 Å². The average Bonchev–Trinajstić information content (AvgIpc) is 2.59. The first-order chi connectivity index (χ1) is 6.93. The maximum Gasteiger partial charge on any atom is 0.342 e. The first kappa shape index (κ1) is 10.1. The Labute approximate surface area is 87.0 Å². The lowest BCUT2D eigenvalue weighted by atomic mass is 9.92. The molecule has 1 saturated carbocycles. The van der Waals surface area contributed by atoms with Gasteiger partial charge in [0, 0.05) is 12.0 Å². The third-order valence-corrected chi connectivity index (χ3v) is 3.51. The van der Waals surface area contributed by atoms with Crippen molar-refractivity contribution in [2.75, 3.05) is 6.54 Å². The topological polar surface area (TPSA) is 97.8 Å². The average molecular weight is 210 g/mol. The molecule has 0 amide bonds. The summed E-state index contributed by atoms with van der Waals surface area (Å²) in [5.41, 5.74) is 6.35. The van der Waals surface area contributed by atoms with E-state index in [1.54, 1.807) is 0 Å². The highest BCUT2D eigenvalue weighted by Gasteiger charge is 2.63. The zero-order valence-electron chi connectivity index (χ0n) is 8.78. The van der Waals surface area contributed by atoms with Gasteiger partial charge in [-0.05, 0) is 16.8 Å². The molecule has 1 heterocycles. The van der Waals surface area contributed by atoms with Crippen molar-refractivity contribution in [3.05, 3.63) is 21.9 Å². The van der Waals surface area contributed by atoms with Gasteiger partial charge in [0.05, 0.1) is 11.8 Å². The second-order valence-electron chi connectivity index (χ2n) is 4.74. The van der Waals surface area contributed by atoms with Crippen LogP contribution in [-0.2, 0) is 5.41 Å². The molecular weight excluding hydrogens is 196 g/mol. The number of nitro groups is 1. The molecule has 6 nitrogen and oxygen atoms in total. The number of aromatic amines is 1. The fourth-order valence-electron chi connectivity index (χ4n) is 2.25. The van der Waals surface area contributed by atoms with Crippen molar-refractivity contribution in [3.8, 4) is 0 Å². The Hall–Kier alpha value is -1.43. The molecule has 1 unspecified atom stereocenters. The fraction of sp³-hybridized carbons (Fsp3) is 0.667. The number of nitrogens with zero attached hydrogens (tertiary/aromatic N) is 2. The van der Waals surface area contributed by atoms with Crippen LogP contribution < -0.4 is 5.73 Å². The van der Waals surface area contributed by atoms with E-state index in [1.165, 1.54) is 6.07 Å². The van der Waals surface area contributed by atoms with Gasteiger partial charge in [-0.15, -0.1) is 5.10 Å². The molecule has 1 aliphatic rings. The van der Waals surface area contributed by atoms with Crippen LogP contribution in [0.3, 0.4) is 0 Å². The van der Waals surface area contributed by atoms with Crippen molar-refractivity contribution in [1.82, 2.24) is 10.2 Å². The van der Waals surface area contributed by atoms with Gasteiger partial charge in [0.1, 0.15) is 0 Å². The van der Waals surface area contributed by atoms with Crippen molar-refractivity contribution in [1.29, 1.82) is 0 Å². The molecule has 1 aromatic rings. The van der Waals surface area contributed by atoms with Crippen molar-refractivity contribution in [2.45, 2.75) is 25.7 Å². The van der Waals surface area contributed by atoms with Crippen molar-refractivity contribution in [3.63, 3.8) is 0 Å². The third kappa shape index (κ3) is 1.25. The van der Waals surface area contributed by atoms with E-state index in [1.807, 2.05) is 0 Å². The van der Waals surface area contributed by atoms with E-state index in [2.05, 4.69) is 24.0 Å². The molecule has 0 aromatic carbocycles. The molecule has 0 radical (unpaired) electrons. The zero-order valence-corrected chi connectivity index (χ0v) is 8.78. The van der Waals surface area contributed by atoms with Crippen LogP contribution in [0.5, 0.6) is 0 Å². The Morgan fingerprint density at radius 3 is 2.67 bits per heavy atom. The van der Waals surface area contributed by atoms with Crippen LogP contribution in [0.2, 0.25) is 0 Å². The molecule has 1 aromatic heterocycles. The lowest BCUT2D eigenvalue weighted by Crippen LogP contribution is -2.25. The van der Waals surface area contributed by atoms with Crippen molar-refractivity contribution < 1.29 is 4.92 Å². The molecule has 0 aliphatic heterocycles. The van der Waals surface area contributed by atoms with Gasteiger partial charge >= 0.3 is 5.82 Å². The molecular formula is C9H14N4O2. The third-order valence-electron chi connectivity index (χ3n) is 3.51. The van der Waals surface area contributed by atoms with Gasteiger partial charge in [-0.3, -0.25) is 0 Å². The molecule has 0 bridgehead atoms. The van der Waals surface area contributed by atoms with Gasteiger partial charge in [0.15, 0.2) is 0 Å². The number of H-pyrrole nitrogens is 1. The summed E-state index contributed by atoms with van der Waals surface area (Å²) in [6.07, 6.45) is 0.929. The number of nitrogens with one attached hydrogen (secondary N) is 1. The first-order valence-electron chi connectivity index (χ1n) is 4.83. The quantitative estimate of drug-likeness (QED) is 0.573. The van der Waals surface area contributed by atoms with Crippen molar-refractivity contribution >= 4 is 5.82 Å². The number of hydrogen-bond acceptors (Lipinski definition) is 4. The monoisotopic (exact) mass is 210 g/mol. The highest BCUT2D eigenvalue weighted by Crippen LogP contribution is 2.63. The minimum absolute atomic E-state index is 0.0690. The molecule has 3 N–H and O–H groups in total. The van der Waals surface area contributed by atoms with Gasteiger partial charge in [-0.2, -0.15) is 0 Å². The van der Waals surface area contributed by atoms with E-state index in [4.69, 9.17) is 5.73 Å². The zero-order chi connectivity index (χ0) is 11.3. The maximum absolute atomic E-state index is 10.5. The van der Waals surface area contributed by atoms with E-state index in [0.717, 1.165) is 6.42 Å². The molecule has 0 spiro atoms. The van der Waals surface area contributed by atoms with E-state index in [9.17, 15) is 10.1 Å². The summed E-state index contributed by atoms with van der Waals surface area (Å²) in [6.45, 7) is 4.67. The summed E-state index contributed by atoms with van der Waals surface area (Å²) in [6, 6.07) is 1.49. The number of nitrogens with two attached hydrogens (primary N) is 1. The van der Waals surface area contributed by atoms with Gasteiger partial charge in [0.25, 0.3) is 0 Å². The lowest BCUT2D eigenvalue weighted by Gasteiger charge is -2.13. The Morgan fingerprint density at radius 1 is 1.73 bits per heavy atom. The standard InChI is InChI=1S/C9H14N4O2/c1-8(2)4-9(8,5-10)6-3-7(12-11-6)13(14)15/h3H,4-5,10H2,1-2H3,(H,11,12). The molecule has 2 rings (SSSR count). The highest BCUT2D eigenvalue weighted by molar-refractivity contribution is 5.36. The molecule has 0 saturated heterocycles. The Morgan fingerprint density at radius 2 is 2.33 bits per heavy atom. The van der Waals surface area contributed by atoms with E-state index in [0.29, 0.717) is 12.2 Å². The number of rotatable bonds is 3. The minimum atomic E-state index is -0.476. The second-order valence-corrected chi connectivity index (χ2v) is 4.74. The lowest BCUT2D eigenvalue weighted by molar-refractivity contribution is -0.389. The van der Waals surface area contributed by atoms with Crippen LogP contribution in [-0.4, -0.2) is 21.7 Å². The predicted octanol–water partition coefficient (Wildman–Crippen LogP) is 0.944. The molecule has 1 atom stereocenters. The largest absolute Gasteiger partial charge is 0.358 e. The molecule has 1 aliphatic carbocycles. The Kier molecular flexibility index (Phi) is 1.88. The Balaban J connectivity index is 2.34. The number of hydrogen-bond donors (Lipinski definition) is 2. The molecule has 6 heteroatoms. The van der Waals surface area contributed by atoms with Gasteiger partial charge in [0.2, 0.25) is 0 Å².